The van der Waals surface area contributed by atoms with Crippen LogP contribution >= 0.6 is 45.6 Å². The molecule has 0 saturated carbocycles. The Hall–Kier alpha value is -5.81. The van der Waals surface area contributed by atoms with Crippen molar-refractivity contribution in [3.8, 4) is 0 Å². The first-order chi connectivity index (χ1) is 45.0. The summed E-state index contributed by atoms with van der Waals surface area (Å²) in [6, 6.07) is 22.7. The van der Waals surface area contributed by atoms with Crippen molar-refractivity contribution in [2.45, 2.75) is 153 Å². The van der Waals surface area contributed by atoms with Crippen LogP contribution in [0.1, 0.15) is 133 Å². The van der Waals surface area contributed by atoms with Crippen LogP contribution in [-0.2, 0) is 68.3 Å². The molecule has 28 heteroatoms. The molecule has 0 bridgehead atoms. The molecule has 1 saturated heterocycles. The number of carbonyl (C=O) groups is 6. The highest BCUT2D eigenvalue weighted by atomic mass is 33.1. The number of amides is 3. The van der Waals surface area contributed by atoms with Crippen LogP contribution in [0.25, 0.3) is 4.85 Å². The van der Waals surface area contributed by atoms with Gasteiger partial charge >= 0.3 is 17.9 Å². The van der Waals surface area contributed by atoms with Crippen LogP contribution in [0.5, 0.6) is 0 Å². The third-order valence-electron chi connectivity index (χ3n) is 17.4. The number of benzene rings is 3. The molecule has 24 nitrogen and oxygen atoms in total. The van der Waals surface area contributed by atoms with Crippen molar-refractivity contribution in [3.05, 3.63) is 118 Å². The second-order valence-electron chi connectivity index (χ2n) is 24.1. The molecular weight excluding hydrogens is 1290 g/mol. The molecule has 0 aromatic heterocycles. The van der Waals surface area contributed by atoms with Crippen LogP contribution in [0.2, 0.25) is 0 Å². The van der Waals surface area contributed by atoms with E-state index in [1.807, 2.05) is 78.9 Å². The number of nitrogens with one attached hydrogen (secondary N) is 3. The second kappa shape index (κ2) is 37.6. The third-order valence-corrected chi connectivity index (χ3v) is 21.7. The van der Waals surface area contributed by atoms with Gasteiger partial charge in [0.15, 0.2) is 6.29 Å². The number of hydrogen-bond donors (Lipinski definition) is 7. The molecule has 11 atom stereocenters. The number of thiocarbonyl (C=S) groups is 1. The molecule has 6 rings (SSSR count). The van der Waals surface area contributed by atoms with Gasteiger partial charge in [-0.15, -0.1) is 0 Å². The quantitative estimate of drug-likeness (QED) is 0.00764. The zero-order valence-electron chi connectivity index (χ0n) is 54.5. The summed E-state index contributed by atoms with van der Waals surface area (Å²) in [7, 11) is 3.25. The van der Waals surface area contributed by atoms with E-state index in [1.165, 1.54) is 6.92 Å². The molecule has 516 valence electrons. The van der Waals surface area contributed by atoms with E-state index in [-0.39, 0.29) is 90.3 Å². The second-order valence-corrected chi connectivity index (χ2v) is 28.9. The molecule has 94 heavy (non-hydrogen) atoms. The lowest BCUT2D eigenvalue weighted by Crippen LogP contribution is -2.64. The van der Waals surface area contributed by atoms with Gasteiger partial charge in [-0.2, -0.15) is 5.11 Å². The largest absolute Gasteiger partial charge is 0.465 e. The summed E-state index contributed by atoms with van der Waals surface area (Å²) in [5, 5.41) is 60.1. The maximum atomic E-state index is 15.2. The van der Waals surface area contributed by atoms with E-state index in [0.717, 1.165) is 39.8 Å². The summed E-state index contributed by atoms with van der Waals surface area (Å²) >= 11 is 7.06. The van der Waals surface area contributed by atoms with Crippen molar-refractivity contribution in [2.24, 2.45) is 21.2 Å². The highest BCUT2D eigenvalue weighted by Crippen LogP contribution is 2.58. The van der Waals surface area contributed by atoms with E-state index in [2.05, 4.69) is 26.0 Å². The maximum Gasteiger partial charge on any atom is 0.306 e. The first kappa shape index (κ1) is 77.2. The number of rotatable bonds is 38. The standard InChI is InChI=1S/C66H91N7O17S4/c1-9-51(77)87-37-39-93-92-38-36-84-31-17-24-53(79)89-49-40-45-20-13-14-21-46(45)56-54(48-23-16-15-22-47(48)49)71-72-73(56)29-33-86-52(78)25-26-64(5,67-8)42-65(6,63(3,4)66(7,62(83)68-27-30-74)94-60(91)44-18-11-10-12-19-44)61(82)69-28-32-85-34-35-88-59-55(70-43(2)76)58(81)57(80)50(41-75)90-59/h10-16,18-23,49-50,54-59,74-75,80-81H,9,17,24-42H2,1-7H3,(H,68,83)(H,69,82)(H,70,76)/t49?,50-,54?,55-,56?,57?,58-,59-,64?,65?,66?/m1/s1. The Labute approximate surface area is 568 Å². The first-order valence-electron chi connectivity index (χ1n) is 31.6. The summed E-state index contributed by atoms with van der Waals surface area (Å²) < 4.78 is 39.1. The predicted octanol–water partition coefficient (Wildman–Crippen LogP) is 6.92. The summed E-state index contributed by atoms with van der Waals surface area (Å²) in [5.74, 6) is -1.27. The van der Waals surface area contributed by atoms with Gasteiger partial charge in [0.1, 0.15) is 60.5 Å². The first-order valence-corrected chi connectivity index (χ1v) is 35.3. The molecule has 2 aliphatic heterocycles. The minimum Gasteiger partial charge on any atom is -0.465 e. The number of carbonyl (C=O) groups excluding carboxylic acids is 6. The number of esters is 3. The smallest absolute Gasteiger partial charge is 0.306 e. The van der Waals surface area contributed by atoms with Crippen LogP contribution < -0.4 is 16.0 Å². The number of hydrogen-bond acceptors (Lipinski definition) is 24. The van der Waals surface area contributed by atoms with E-state index in [9.17, 15) is 44.4 Å². The van der Waals surface area contributed by atoms with Crippen molar-refractivity contribution >= 4 is 85.4 Å². The molecule has 3 aromatic carbocycles. The van der Waals surface area contributed by atoms with Crippen molar-refractivity contribution in [2.75, 3.05) is 90.6 Å². The van der Waals surface area contributed by atoms with Gasteiger partial charge in [0.25, 0.3) is 0 Å². The van der Waals surface area contributed by atoms with E-state index in [0.29, 0.717) is 54.6 Å². The highest BCUT2D eigenvalue weighted by Gasteiger charge is 2.63. The predicted molar refractivity (Wildman–Crippen MR) is 360 cm³/mol. The fraction of sp³-hybridized carbons (Fsp3) is 0.606. The number of aliphatic hydroxyl groups is 4. The summed E-state index contributed by atoms with van der Waals surface area (Å²) in [5.41, 5.74) is -0.172. The SMILES string of the molecule is [C-]#[N+]C(C)(CCC(=O)OCCN1N=NC2c3ccccc3C(OC(=O)CCCOCCSSCCOC(=O)CC)Cc3ccccc3C21)CC(C)(C(=O)NCCOCCO[C@@H]1O[C@H](CO)C(O)[C@H](O)[C@H]1NC(C)=O)C(C)(C)C(C)(SC(=S)c1ccccc1)C(=O)NCCO. The van der Waals surface area contributed by atoms with Gasteiger partial charge in [-0.1, -0.05) is 150 Å². The Morgan fingerprint density at radius 1 is 0.766 bits per heavy atom. The number of thioether (sulfide) groups is 1. The molecule has 3 aromatic rings. The number of aliphatic hydroxyl groups excluding tert-OH is 4. The van der Waals surface area contributed by atoms with Gasteiger partial charge in [0.05, 0.1) is 62.2 Å². The minimum absolute atomic E-state index is 0.0401. The number of fused-ring (bicyclic) bond motifs is 5. The molecule has 3 amide bonds. The lowest BCUT2D eigenvalue weighted by atomic mass is 9.55. The molecule has 0 radical (unpaired) electrons. The lowest BCUT2D eigenvalue weighted by molar-refractivity contribution is -0.272. The van der Waals surface area contributed by atoms with Gasteiger partial charge in [0.2, 0.25) is 23.3 Å². The molecule has 1 aliphatic carbocycles. The van der Waals surface area contributed by atoms with Crippen molar-refractivity contribution in [3.63, 3.8) is 0 Å². The number of nitrogens with zero attached hydrogens (tertiary/aromatic N) is 4. The molecule has 3 aliphatic rings. The molecular formula is C66H91N7O17S4. The number of ether oxygens (including phenoxy) is 7. The average Bonchev–Trinajstić information content (AvgIpc) is 0.789. The Bertz CT molecular complexity index is 3080. The summed E-state index contributed by atoms with van der Waals surface area (Å²) in [6.45, 7) is 20.2. The molecule has 0 spiro atoms. The minimum atomic E-state index is -1.59. The van der Waals surface area contributed by atoms with Gasteiger partial charge < -0.3 is 74.4 Å². The monoisotopic (exact) mass is 1380 g/mol. The lowest BCUT2D eigenvalue weighted by Gasteiger charge is -2.53. The Balaban J connectivity index is 1.10. The zero-order chi connectivity index (χ0) is 68.5. The Morgan fingerprint density at radius 3 is 2.12 bits per heavy atom. The normalized spacial score (nSPS) is 21.8. The van der Waals surface area contributed by atoms with Crippen LogP contribution in [0, 0.1) is 17.4 Å². The molecule has 2 heterocycles. The van der Waals surface area contributed by atoms with E-state index in [4.69, 9.17) is 57.1 Å². The van der Waals surface area contributed by atoms with E-state index in [1.54, 1.807) is 68.1 Å². The third kappa shape index (κ3) is 20.9. The van der Waals surface area contributed by atoms with Gasteiger partial charge in [-0.3, -0.25) is 33.8 Å². The van der Waals surface area contributed by atoms with E-state index < -0.39 is 100 Å². The van der Waals surface area contributed by atoms with Crippen LogP contribution in [-0.4, -0.2) is 197 Å². The van der Waals surface area contributed by atoms with Crippen LogP contribution in [0.3, 0.4) is 0 Å². The fourth-order valence-corrected chi connectivity index (χ4v) is 15.1. The van der Waals surface area contributed by atoms with Crippen LogP contribution in [0.15, 0.2) is 89.2 Å². The van der Waals surface area contributed by atoms with E-state index >= 15 is 4.79 Å². The van der Waals surface area contributed by atoms with Gasteiger partial charge in [-0.05, 0) is 48.1 Å². The fourth-order valence-electron chi connectivity index (χ4n) is 11.5. The van der Waals surface area contributed by atoms with Gasteiger partial charge in [-0.25, -0.2) is 6.57 Å². The van der Waals surface area contributed by atoms with Crippen molar-refractivity contribution in [1.82, 2.24) is 21.0 Å². The summed E-state index contributed by atoms with van der Waals surface area (Å²) in [4.78, 5) is 84.5. The Morgan fingerprint density at radius 2 is 1.43 bits per heavy atom. The molecule has 1 fully saturated rings. The average molecular weight is 1380 g/mol. The highest BCUT2D eigenvalue weighted by molar-refractivity contribution is 8.76. The maximum absolute atomic E-state index is 15.2. The Kier molecular flexibility index (Phi) is 30.9. The van der Waals surface area contributed by atoms with Crippen LogP contribution in [0.4, 0.5) is 0 Å². The van der Waals surface area contributed by atoms with Crippen molar-refractivity contribution in [1.29, 1.82) is 0 Å². The molecule has 7 N–H and O–H groups in total. The zero-order valence-corrected chi connectivity index (χ0v) is 57.8. The summed E-state index contributed by atoms with van der Waals surface area (Å²) in [6.07, 6.45) is -5.03. The topological polar surface area (TPSA) is 316 Å². The van der Waals surface area contributed by atoms with Crippen molar-refractivity contribution < 1.29 is 82.4 Å². The molecule has 7 unspecified atom stereocenters. The van der Waals surface area contributed by atoms with Gasteiger partial charge in [0, 0.05) is 82.6 Å².